The van der Waals surface area contributed by atoms with Gasteiger partial charge < -0.3 is 4.90 Å². The van der Waals surface area contributed by atoms with Crippen molar-refractivity contribution in [3.8, 4) is 12.3 Å². The van der Waals surface area contributed by atoms with Crippen LogP contribution < -0.4 is 4.90 Å². The van der Waals surface area contributed by atoms with Crippen molar-refractivity contribution < 1.29 is 4.79 Å². The third-order valence-corrected chi connectivity index (χ3v) is 3.23. The molecule has 0 saturated carbocycles. The molecule has 1 atom stereocenters. The zero-order valence-electron chi connectivity index (χ0n) is 7.98. The van der Waals surface area contributed by atoms with Crippen LogP contribution in [0.3, 0.4) is 0 Å². The predicted molar refractivity (Wildman–Crippen MR) is 66.2 cm³/mol. The quantitative estimate of drug-likeness (QED) is 0.584. The standard InChI is InChI=1S/C11H9IN2O/c1-2-8-5-11(15)14(7-8)10-3-4-13-6-9(10)12/h1,3-4,6,8H,5,7H2. The molecule has 0 spiro atoms. The first-order chi connectivity index (χ1) is 7.22. The van der Waals surface area contributed by atoms with Gasteiger partial charge in [-0.05, 0) is 28.7 Å². The minimum absolute atomic E-state index is 0.0430. The van der Waals surface area contributed by atoms with Gasteiger partial charge in [-0.1, -0.05) is 0 Å². The molecule has 4 heteroatoms. The van der Waals surface area contributed by atoms with E-state index >= 15 is 0 Å². The van der Waals surface area contributed by atoms with Gasteiger partial charge in [0.05, 0.1) is 9.26 Å². The van der Waals surface area contributed by atoms with Gasteiger partial charge in [-0.15, -0.1) is 12.3 Å². The Labute approximate surface area is 102 Å². The topological polar surface area (TPSA) is 33.2 Å². The summed E-state index contributed by atoms with van der Waals surface area (Å²) in [6.07, 6.45) is 9.22. The zero-order chi connectivity index (χ0) is 10.8. The molecule has 2 heterocycles. The largest absolute Gasteiger partial charge is 0.310 e. The summed E-state index contributed by atoms with van der Waals surface area (Å²) in [7, 11) is 0. The summed E-state index contributed by atoms with van der Waals surface area (Å²) in [6, 6.07) is 1.85. The van der Waals surface area contributed by atoms with Crippen LogP contribution >= 0.6 is 22.6 Å². The maximum absolute atomic E-state index is 11.7. The van der Waals surface area contributed by atoms with Crippen molar-refractivity contribution in [2.24, 2.45) is 5.92 Å². The lowest BCUT2D eigenvalue weighted by Crippen LogP contribution is -2.25. The van der Waals surface area contributed by atoms with E-state index < -0.39 is 0 Å². The molecule has 0 bridgehead atoms. The first-order valence-corrected chi connectivity index (χ1v) is 5.66. The number of aromatic nitrogens is 1. The molecule has 2 rings (SSSR count). The van der Waals surface area contributed by atoms with E-state index in [-0.39, 0.29) is 11.8 Å². The lowest BCUT2D eigenvalue weighted by atomic mass is 10.1. The molecule has 1 fully saturated rings. The summed E-state index contributed by atoms with van der Waals surface area (Å²) in [5.74, 6) is 2.78. The van der Waals surface area contributed by atoms with Gasteiger partial charge in [-0.2, -0.15) is 0 Å². The van der Waals surface area contributed by atoms with Gasteiger partial charge in [0.2, 0.25) is 5.91 Å². The van der Waals surface area contributed by atoms with Crippen molar-refractivity contribution in [3.05, 3.63) is 22.0 Å². The molecule has 1 aliphatic heterocycles. The van der Waals surface area contributed by atoms with Gasteiger partial charge in [0.1, 0.15) is 0 Å². The Balaban J connectivity index is 2.30. The van der Waals surface area contributed by atoms with Gasteiger partial charge in [-0.3, -0.25) is 9.78 Å². The van der Waals surface area contributed by atoms with E-state index in [1.54, 1.807) is 17.3 Å². The second-order valence-corrected chi connectivity index (χ2v) is 4.56. The number of nitrogens with zero attached hydrogens (tertiary/aromatic N) is 2. The third-order valence-electron chi connectivity index (χ3n) is 2.40. The van der Waals surface area contributed by atoms with Gasteiger partial charge in [0, 0.05) is 31.3 Å². The highest BCUT2D eigenvalue weighted by molar-refractivity contribution is 14.1. The van der Waals surface area contributed by atoms with Crippen molar-refractivity contribution in [2.45, 2.75) is 6.42 Å². The molecular formula is C11H9IN2O. The molecule has 0 aliphatic carbocycles. The lowest BCUT2D eigenvalue weighted by molar-refractivity contribution is -0.117. The summed E-state index contributed by atoms with van der Waals surface area (Å²) < 4.78 is 0.973. The molecule has 1 saturated heterocycles. The van der Waals surface area contributed by atoms with Gasteiger partial charge in [-0.25, -0.2) is 0 Å². The van der Waals surface area contributed by atoms with Crippen LogP contribution in [0.2, 0.25) is 0 Å². The highest BCUT2D eigenvalue weighted by Crippen LogP contribution is 2.27. The van der Waals surface area contributed by atoms with Crippen molar-refractivity contribution in [1.82, 2.24) is 4.98 Å². The van der Waals surface area contributed by atoms with Gasteiger partial charge in [0.25, 0.3) is 0 Å². The minimum atomic E-state index is 0.0430. The number of amides is 1. The second-order valence-electron chi connectivity index (χ2n) is 3.40. The molecule has 0 aromatic carbocycles. The molecule has 1 amide bonds. The van der Waals surface area contributed by atoms with Crippen LogP contribution in [0.1, 0.15) is 6.42 Å². The fourth-order valence-electron chi connectivity index (χ4n) is 1.64. The Morgan fingerprint density at radius 1 is 1.67 bits per heavy atom. The van der Waals surface area contributed by atoms with Crippen molar-refractivity contribution >= 4 is 34.2 Å². The smallest absolute Gasteiger partial charge is 0.228 e. The van der Waals surface area contributed by atoms with Crippen LogP contribution in [0.15, 0.2) is 18.5 Å². The Kier molecular flexibility index (Phi) is 2.91. The molecule has 0 radical (unpaired) electrons. The van der Waals surface area contributed by atoms with Crippen LogP contribution in [0, 0.1) is 21.8 Å². The molecule has 76 valence electrons. The zero-order valence-corrected chi connectivity index (χ0v) is 10.1. The van der Waals surface area contributed by atoms with Crippen molar-refractivity contribution in [2.75, 3.05) is 11.4 Å². The normalized spacial score (nSPS) is 20.4. The van der Waals surface area contributed by atoms with E-state index in [0.29, 0.717) is 13.0 Å². The Morgan fingerprint density at radius 2 is 2.47 bits per heavy atom. The third kappa shape index (κ3) is 1.97. The Bertz CT molecular complexity index is 438. The molecule has 1 aromatic heterocycles. The highest BCUT2D eigenvalue weighted by Gasteiger charge is 2.30. The van der Waals surface area contributed by atoms with Crippen LogP contribution in [0.25, 0.3) is 0 Å². The summed E-state index contributed by atoms with van der Waals surface area (Å²) in [6.45, 7) is 0.620. The Morgan fingerprint density at radius 3 is 3.07 bits per heavy atom. The number of pyridine rings is 1. The van der Waals surface area contributed by atoms with Gasteiger partial charge >= 0.3 is 0 Å². The number of hydrogen-bond acceptors (Lipinski definition) is 2. The van der Waals surface area contributed by atoms with E-state index in [0.717, 1.165) is 9.26 Å². The molecular weight excluding hydrogens is 303 g/mol. The number of terminal acetylenes is 1. The summed E-state index contributed by atoms with van der Waals surface area (Å²) in [5, 5.41) is 0. The molecule has 1 aliphatic rings. The average molecular weight is 312 g/mol. The van der Waals surface area contributed by atoms with E-state index in [2.05, 4.69) is 33.5 Å². The van der Waals surface area contributed by atoms with Crippen LogP contribution in [0.4, 0.5) is 5.69 Å². The molecule has 3 nitrogen and oxygen atoms in total. The van der Waals surface area contributed by atoms with E-state index in [1.165, 1.54) is 0 Å². The molecule has 1 aromatic rings. The average Bonchev–Trinajstić information content (AvgIpc) is 2.60. The first-order valence-electron chi connectivity index (χ1n) is 4.58. The van der Waals surface area contributed by atoms with Crippen LogP contribution in [-0.2, 0) is 4.79 Å². The number of carbonyl (C=O) groups is 1. The van der Waals surface area contributed by atoms with E-state index in [4.69, 9.17) is 6.42 Å². The number of rotatable bonds is 1. The monoisotopic (exact) mass is 312 g/mol. The predicted octanol–water partition coefficient (Wildman–Crippen LogP) is 1.67. The van der Waals surface area contributed by atoms with Crippen molar-refractivity contribution in [3.63, 3.8) is 0 Å². The molecule has 1 unspecified atom stereocenters. The number of halogens is 1. The van der Waals surface area contributed by atoms with Crippen LogP contribution in [0.5, 0.6) is 0 Å². The number of carbonyl (C=O) groups excluding carboxylic acids is 1. The minimum Gasteiger partial charge on any atom is -0.310 e. The maximum Gasteiger partial charge on any atom is 0.228 e. The molecule has 0 N–H and O–H groups in total. The maximum atomic E-state index is 11.7. The second kappa shape index (κ2) is 4.19. The SMILES string of the molecule is C#CC1CC(=O)N(c2ccncc2I)C1. The fraction of sp³-hybridized carbons (Fsp3) is 0.273. The summed E-state index contributed by atoms with van der Waals surface area (Å²) in [5.41, 5.74) is 0.911. The lowest BCUT2D eigenvalue weighted by Gasteiger charge is -2.16. The Hall–Kier alpha value is -1.09. The molecule has 15 heavy (non-hydrogen) atoms. The number of anilines is 1. The summed E-state index contributed by atoms with van der Waals surface area (Å²) in [4.78, 5) is 17.4. The number of hydrogen-bond donors (Lipinski definition) is 0. The van der Waals surface area contributed by atoms with Crippen LogP contribution in [-0.4, -0.2) is 17.4 Å². The van der Waals surface area contributed by atoms with Crippen molar-refractivity contribution in [1.29, 1.82) is 0 Å². The van der Waals surface area contributed by atoms with E-state index in [9.17, 15) is 4.79 Å². The highest BCUT2D eigenvalue weighted by atomic mass is 127. The van der Waals surface area contributed by atoms with Gasteiger partial charge in [0.15, 0.2) is 0 Å². The van der Waals surface area contributed by atoms with E-state index in [1.807, 2.05) is 6.07 Å². The first kappa shape index (κ1) is 10.4. The summed E-state index contributed by atoms with van der Waals surface area (Å²) >= 11 is 2.17. The fourth-order valence-corrected chi connectivity index (χ4v) is 2.27.